The second kappa shape index (κ2) is 10.7. The van der Waals surface area contributed by atoms with Gasteiger partial charge in [0.15, 0.2) is 0 Å². The summed E-state index contributed by atoms with van der Waals surface area (Å²) in [4.78, 5) is 40.5. The summed E-state index contributed by atoms with van der Waals surface area (Å²) in [6.45, 7) is 5.77. The number of carboxylic acid groups (broad SMARTS) is 1. The maximum atomic E-state index is 13.0. The molecule has 4 rings (SSSR count). The Morgan fingerprint density at radius 3 is 2.27 bits per heavy atom. The summed E-state index contributed by atoms with van der Waals surface area (Å²) in [6, 6.07) is 5.78. The SMILES string of the molecule is Cc1noc(C)c1C(=O)N1CCC2(CC1)CN(C(=O)CN(C)C)c1ccc(Cl)cc12.O=C(O)C(F)(F)F. The highest BCUT2D eigenvalue weighted by Crippen LogP contribution is 2.48. The molecule has 1 fully saturated rings. The van der Waals surface area contributed by atoms with Crippen molar-refractivity contribution in [1.82, 2.24) is 15.0 Å². The quantitative estimate of drug-likeness (QED) is 0.628. The van der Waals surface area contributed by atoms with Crippen LogP contribution in [0.3, 0.4) is 0 Å². The van der Waals surface area contributed by atoms with Gasteiger partial charge in [-0.2, -0.15) is 13.2 Å². The Labute approximate surface area is 216 Å². The summed E-state index contributed by atoms with van der Waals surface area (Å²) in [5.41, 5.74) is 3.06. The zero-order valence-corrected chi connectivity index (χ0v) is 21.6. The lowest BCUT2D eigenvalue weighted by Crippen LogP contribution is -2.48. The van der Waals surface area contributed by atoms with E-state index < -0.39 is 12.1 Å². The molecule has 3 heterocycles. The van der Waals surface area contributed by atoms with Crippen molar-refractivity contribution in [3.8, 4) is 0 Å². The first-order valence-corrected chi connectivity index (χ1v) is 11.8. The molecule has 13 heteroatoms. The van der Waals surface area contributed by atoms with Crippen LogP contribution in [0.5, 0.6) is 0 Å². The molecule has 2 aromatic rings. The van der Waals surface area contributed by atoms with Crippen LogP contribution in [0.1, 0.15) is 40.2 Å². The summed E-state index contributed by atoms with van der Waals surface area (Å²) in [6.07, 6.45) is -3.53. The van der Waals surface area contributed by atoms with Crippen LogP contribution in [0.15, 0.2) is 22.7 Å². The van der Waals surface area contributed by atoms with Gasteiger partial charge in [0.1, 0.15) is 11.3 Å². The van der Waals surface area contributed by atoms with Crippen LogP contribution in [0.2, 0.25) is 5.02 Å². The Bertz CT molecular complexity index is 1170. The van der Waals surface area contributed by atoms with E-state index in [-0.39, 0.29) is 17.2 Å². The summed E-state index contributed by atoms with van der Waals surface area (Å²) in [7, 11) is 3.79. The van der Waals surface area contributed by atoms with Gasteiger partial charge in [-0.3, -0.25) is 9.59 Å². The number of aryl methyl sites for hydroxylation is 2. The van der Waals surface area contributed by atoms with Gasteiger partial charge in [0, 0.05) is 35.8 Å². The third kappa shape index (κ3) is 6.07. The number of carbonyl (C=O) groups is 3. The number of hydrogen-bond donors (Lipinski definition) is 1. The van der Waals surface area contributed by atoms with Crippen LogP contribution in [0, 0.1) is 13.8 Å². The fraction of sp³-hybridized carbons (Fsp3) is 0.500. The predicted octanol–water partition coefficient (Wildman–Crippen LogP) is 3.66. The number of carboxylic acids is 1. The van der Waals surface area contributed by atoms with Gasteiger partial charge < -0.3 is 24.3 Å². The molecule has 37 heavy (non-hydrogen) atoms. The van der Waals surface area contributed by atoms with Gasteiger partial charge in [-0.05, 0) is 64.5 Å². The summed E-state index contributed by atoms with van der Waals surface area (Å²) in [5.74, 6) is -2.16. The lowest BCUT2D eigenvalue weighted by atomic mass is 9.74. The maximum Gasteiger partial charge on any atom is 0.490 e. The van der Waals surface area contributed by atoms with Crippen LogP contribution in [0.25, 0.3) is 0 Å². The molecule has 0 bridgehead atoms. The molecular weight excluding hydrogens is 517 g/mol. The van der Waals surface area contributed by atoms with E-state index >= 15 is 0 Å². The Kier molecular flexibility index (Phi) is 8.23. The smallest absolute Gasteiger partial charge is 0.475 e. The fourth-order valence-electron chi connectivity index (χ4n) is 4.73. The number of benzene rings is 1. The van der Waals surface area contributed by atoms with Gasteiger partial charge in [0.2, 0.25) is 5.91 Å². The lowest BCUT2D eigenvalue weighted by molar-refractivity contribution is -0.192. The van der Waals surface area contributed by atoms with E-state index in [1.54, 1.807) is 13.8 Å². The van der Waals surface area contributed by atoms with Crippen LogP contribution in [-0.2, 0) is 15.0 Å². The molecule has 0 atom stereocenters. The minimum absolute atomic E-state index is 0.0362. The Balaban J connectivity index is 0.000000479. The lowest BCUT2D eigenvalue weighted by Gasteiger charge is -2.40. The third-order valence-electron chi connectivity index (χ3n) is 6.53. The van der Waals surface area contributed by atoms with Crippen LogP contribution >= 0.6 is 11.6 Å². The molecule has 0 unspecified atom stereocenters. The third-order valence-corrected chi connectivity index (χ3v) is 6.77. The molecule has 1 spiro atoms. The number of carbonyl (C=O) groups excluding carboxylic acids is 2. The van der Waals surface area contributed by atoms with Crippen LogP contribution in [-0.4, -0.2) is 84.3 Å². The Morgan fingerprint density at radius 1 is 1.19 bits per heavy atom. The number of likely N-dealkylation sites (tertiary alicyclic amines) is 1. The van der Waals surface area contributed by atoms with E-state index in [1.807, 2.05) is 47.0 Å². The van der Waals surface area contributed by atoms with Gasteiger partial charge in [-0.15, -0.1) is 0 Å². The minimum Gasteiger partial charge on any atom is -0.475 e. The molecule has 1 N–H and O–H groups in total. The second-order valence-electron chi connectivity index (χ2n) is 9.45. The van der Waals surface area contributed by atoms with E-state index in [2.05, 4.69) is 5.16 Å². The first-order valence-electron chi connectivity index (χ1n) is 11.4. The number of likely N-dealkylation sites (N-methyl/N-ethyl adjacent to an activating group) is 1. The summed E-state index contributed by atoms with van der Waals surface area (Å²) in [5, 5.41) is 11.7. The first kappa shape index (κ1) is 28.5. The molecule has 0 saturated carbocycles. The van der Waals surface area contributed by atoms with Crippen molar-refractivity contribution in [1.29, 1.82) is 0 Å². The molecule has 1 saturated heterocycles. The van der Waals surface area contributed by atoms with E-state index in [0.717, 1.165) is 24.1 Å². The zero-order chi connectivity index (χ0) is 27.7. The standard InChI is InChI=1S/C22H27ClN4O3.C2HF3O2/c1-14-20(15(2)30-24-14)21(29)26-9-7-22(8-10-26)13-27(19(28)12-25(3)4)18-6-5-16(23)11-17(18)22;3-2(4,5)1(6)7/h5-6,11H,7-10,12-13H2,1-4H3;(H,6,7). The predicted molar refractivity (Wildman–Crippen MR) is 129 cm³/mol. The van der Waals surface area contributed by atoms with Gasteiger partial charge in [0.05, 0.1) is 12.2 Å². The van der Waals surface area contributed by atoms with Crippen LogP contribution < -0.4 is 4.90 Å². The topological polar surface area (TPSA) is 107 Å². The van der Waals surface area contributed by atoms with Crippen molar-refractivity contribution < 1.29 is 37.2 Å². The number of anilines is 1. The summed E-state index contributed by atoms with van der Waals surface area (Å²) < 4.78 is 36.9. The highest BCUT2D eigenvalue weighted by Gasteiger charge is 2.47. The second-order valence-corrected chi connectivity index (χ2v) is 9.89. The molecule has 202 valence electrons. The number of fused-ring (bicyclic) bond motifs is 2. The largest absolute Gasteiger partial charge is 0.490 e. The van der Waals surface area contributed by atoms with E-state index in [4.69, 9.17) is 26.0 Å². The molecule has 0 aliphatic carbocycles. The Hall–Kier alpha value is -3.12. The molecule has 2 aliphatic heterocycles. The highest BCUT2D eigenvalue weighted by atomic mass is 35.5. The van der Waals surface area contributed by atoms with E-state index in [9.17, 15) is 22.8 Å². The van der Waals surface area contributed by atoms with Gasteiger partial charge in [0.25, 0.3) is 5.91 Å². The number of piperidine rings is 1. The van der Waals surface area contributed by atoms with Crippen molar-refractivity contribution >= 4 is 35.1 Å². The normalized spacial score (nSPS) is 16.5. The van der Waals surface area contributed by atoms with Crippen molar-refractivity contribution in [3.63, 3.8) is 0 Å². The van der Waals surface area contributed by atoms with Crippen molar-refractivity contribution in [3.05, 3.63) is 45.8 Å². The number of nitrogens with zero attached hydrogens (tertiary/aromatic N) is 4. The van der Waals surface area contributed by atoms with Crippen molar-refractivity contribution in [2.75, 3.05) is 45.2 Å². The molecule has 9 nitrogen and oxygen atoms in total. The van der Waals surface area contributed by atoms with Crippen LogP contribution in [0.4, 0.5) is 18.9 Å². The molecule has 2 aliphatic rings. The average Bonchev–Trinajstić information content (AvgIpc) is 3.30. The monoisotopic (exact) mass is 544 g/mol. The Morgan fingerprint density at radius 2 is 1.78 bits per heavy atom. The van der Waals surface area contributed by atoms with Crippen molar-refractivity contribution in [2.24, 2.45) is 0 Å². The van der Waals surface area contributed by atoms with Gasteiger partial charge in [-0.25, -0.2) is 4.79 Å². The van der Waals surface area contributed by atoms with E-state index in [0.29, 0.717) is 48.2 Å². The zero-order valence-electron chi connectivity index (χ0n) is 20.9. The highest BCUT2D eigenvalue weighted by molar-refractivity contribution is 6.30. The number of alkyl halides is 3. The number of hydrogen-bond acceptors (Lipinski definition) is 6. The molecule has 1 aromatic carbocycles. The first-order chi connectivity index (χ1) is 17.2. The number of amides is 2. The summed E-state index contributed by atoms with van der Waals surface area (Å²) >= 11 is 6.33. The van der Waals surface area contributed by atoms with Gasteiger partial charge in [-0.1, -0.05) is 16.8 Å². The minimum atomic E-state index is -5.08. The maximum absolute atomic E-state index is 13.0. The molecule has 0 radical (unpaired) electrons. The number of rotatable bonds is 3. The number of aliphatic carboxylic acids is 1. The number of aromatic nitrogens is 1. The fourth-order valence-corrected chi connectivity index (χ4v) is 4.90. The number of halogens is 4. The van der Waals surface area contributed by atoms with Crippen molar-refractivity contribution in [2.45, 2.75) is 38.3 Å². The average molecular weight is 545 g/mol. The van der Waals surface area contributed by atoms with E-state index in [1.165, 1.54) is 0 Å². The molecule has 2 amide bonds. The molecular formula is C24H28ClF3N4O5. The van der Waals surface area contributed by atoms with Gasteiger partial charge >= 0.3 is 12.1 Å². The molecule has 1 aromatic heterocycles.